The zero-order valence-electron chi connectivity index (χ0n) is 27.4. The first kappa shape index (κ1) is 36.0. The number of tetrazole rings is 1. The molecule has 1 aliphatic rings. The summed E-state index contributed by atoms with van der Waals surface area (Å²) in [6.07, 6.45) is 0.954. The van der Waals surface area contributed by atoms with Crippen molar-refractivity contribution >= 4 is 52.9 Å². The minimum Gasteiger partial charge on any atom is -0.481 e. The van der Waals surface area contributed by atoms with Crippen LogP contribution in [0.2, 0.25) is 0 Å². The van der Waals surface area contributed by atoms with Crippen molar-refractivity contribution in [2.75, 3.05) is 19.8 Å². The van der Waals surface area contributed by atoms with Crippen molar-refractivity contribution in [1.29, 1.82) is 0 Å². The number of piperidine rings is 1. The van der Waals surface area contributed by atoms with Gasteiger partial charge >= 0.3 is 5.97 Å². The Morgan fingerprint density at radius 1 is 0.980 bits per heavy atom. The number of fused-ring (bicyclic) bond motifs is 1. The van der Waals surface area contributed by atoms with Crippen molar-refractivity contribution in [3.05, 3.63) is 84.2 Å². The maximum atomic E-state index is 14.2. The average molecular weight is 704 g/mol. The Balaban J connectivity index is 1.32. The summed E-state index contributed by atoms with van der Waals surface area (Å²) in [5, 5.41) is 30.6. The molecule has 0 saturated carbocycles. The van der Waals surface area contributed by atoms with Crippen molar-refractivity contribution in [3.63, 3.8) is 0 Å². The number of likely N-dealkylation sites (tertiary alicyclic amines) is 1. The number of carbonyl (C=O) groups excluding carboxylic acids is 4. The van der Waals surface area contributed by atoms with Crippen LogP contribution in [0.25, 0.3) is 10.8 Å². The van der Waals surface area contributed by atoms with E-state index >= 15 is 0 Å². The summed E-state index contributed by atoms with van der Waals surface area (Å²) in [6.45, 7) is 0.836. The lowest BCUT2D eigenvalue weighted by Crippen LogP contribution is -2.59. The highest BCUT2D eigenvalue weighted by molar-refractivity contribution is 7.66. The maximum Gasteiger partial charge on any atom is 0.305 e. The predicted molar refractivity (Wildman–Crippen MR) is 182 cm³/mol. The van der Waals surface area contributed by atoms with Gasteiger partial charge in [0.25, 0.3) is 5.91 Å². The summed E-state index contributed by atoms with van der Waals surface area (Å²) in [6, 6.07) is 17.3. The van der Waals surface area contributed by atoms with Gasteiger partial charge in [-0.1, -0.05) is 59.8 Å². The molecule has 2 heterocycles. The Hall–Kier alpha value is -5.27. The fraction of sp³-hybridized carbons (Fsp3) is 0.353. The van der Waals surface area contributed by atoms with Gasteiger partial charge in [0.15, 0.2) is 11.6 Å². The van der Waals surface area contributed by atoms with Gasteiger partial charge in [0.1, 0.15) is 24.7 Å². The number of nitrogens with one attached hydrogen (secondary N) is 3. The lowest BCUT2D eigenvalue weighted by molar-refractivity contribution is -0.146. The fourth-order valence-electron chi connectivity index (χ4n) is 5.90. The van der Waals surface area contributed by atoms with Crippen molar-refractivity contribution < 1.29 is 38.2 Å². The number of carbonyl (C=O) groups is 5. The van der Waals surface area contributed by atoms with E-state index in [0.29, 0.717) is 34.9 Å². The van der Waals surface area contributed by atoms with E-state index in [4.69, 9.17) is 4.52 Å². The predicted octanol–water partition coefficient (Wildman–Crippen LogP) is 2.24. The van der Waals surface area contributed by atoms with Crippen LogP contribution < -0.4 is 15.9 Å². The third-order valence-corrected chi connectivity index (χ3v) is 10.4. The number of ketones is 1. The smallest absolute Gasteiger partial charge is 0.305 e. The summed E-state index contributed by atoms with van der Waals surface area (Å²) in [5.74, 6) is -3.54. The van der Waals surface area contributed by atoms with E-state index in [1.165, 1.54) is 11.6 Å². The lowest BCUT2D eigenvalue weighted by atomic mass is 9.97. The molecule has 1 saturated heterocycles. The number of benzene rings is 3. The van der Waals surface area contributed by atoms with Crippen molar-refractivity contribution in [3.8, 4) is 0 Å². The maximum absolute atomic E-state index is 14.2. The SMILES string of the molecule is CP(=O)(OCC(=O)[C@H](CC(=O)O)NC(=O)[C@@H]1CCCCN1C(=O)[C@H](CCc1nn[nH]n1)NC(=O)c1cccc2ccccc12)c1ccccc1. The molecular formula is C34H38N7O8P. The number of Topliss-reactive ketones (excluding diaryl/α,β-unsaturated/α-hetero) is 1. The molecular weight excluding hydrogens is 665 g/mol. The third kappa shape index (κ3) is 9.04. The number of aromatic nitrogens is 4. The van der Waals surface area contributed by atoms with E-state index in [9.17, 15) is 33.6 Å². The molecule has 262 valence electrons. The van der Waals surface area contributed by atoms with E-state index in [1.54, 1.807) is 42.5 Å². The fourth-order valence-corrected chi connectivity index (χ4v) is 7.13. The third-order valence-electron chi connectivity index (χ3n) is 8.53. The van der Waals surface area contributed by atoms with Gasteiger partial charge in [-0.15, -0.1) is 10.2 Å². The van der Waals surface area contributed by atoms with Crippen LogP contribution in [0, 0.1) is 0 Å². The minimum absolute atomic E-state index is 0.0929. The highest BCUT2D eigenvalue weighted by Crippen LogP contribution is 2.41. The van der Waals surface area contributed by atoms with E-state index in [2.05, 4.69) is 31.3 Å². The molecule has 1 aliphatic heterocycles. The van der Waals surface area contributed by atoms with Gasteiger partial charge in [0, 0.05) is 30.5 Å². The Bertz CT molecular complexity index is 1880. The summed E-state index contributed by atoms with van der Waals surface area (Å²) in [5.41, 5.74) is 0.370. The molecule has 3 aromatic carbocycles. The van der Waals surface area contributed by atoms with Gasteiger partial charge in [0.05, 0.1) is 6.42 Å². The van der Waals surface area contributed by atoms with Gasteiger partial charge in [-0.2, -0.15) is 5.21 Å². The quantitative estimate of drug-likeness (QED) is 0.132. The van der Waals surface area contributed by atoms with Crippen molar-refractivity contribution in [2.24, 2.45) is 0 Å². The molecule has 0 bridgehead atoms. The van der Waals surface area contributed by atoms with E-state index in [-0.39, 0.29) is 25.8 Å². The van der Waals surface area contributed by atoms with Gasteiger partial charge < -0.3 is 25.2 Å². The van der Waals surface area contributed by atoms with Crippen LogP contribution in [0.4, 0.5) is 0 Å². The molecule has 15 nitrogen and oxygen atoms in total. The molecule has 1 unspecified atom stereocenters. The van der Waals surface area contributed by atoms with E-state index < -0.39 is 68.0 Å². The van der Waals surface area contributed by atoms with Crippen LogP contribution in [0.1, 0.15) is 48.3 Å². The summed E-state index contributed by atoms with van der Waals surface area (Å²) in [7, 11) is -3.42. The molecule has 4 atom stereocenters. The van der Waals surface area contributed by atoms with Crippen molar-refractivity contribution in [1.82, 2.24) is 36.2 Å². The second-order valence-electron chi connectivity index (χ2n) is 12.0. The zero-order valence-corrected chi connectivity index (χ0v) is 28.3. The van der Waals surface area contributed by atoms with Crippen LogP contribution in [0.3, 0.4) is 0 Å². The number of aryl methyl sites for hydroxylation is 1. The molecule has 1 fully saturated rings. The number of aliphatic carboxylic acids is 1. The number of carboxylic acid groups (broad SMARTS) is 1. The number of hydrogen-bond acceptors (Lipinski definition) is 10. The van der Waals surface area contributed by atoms with Crippen LogP contribution >= 0.6 is 7.37 Å². The number of aromatic amines is 1. The summed E-state index contributed by atoms with van der Waals surface area (Å²) < 4.78 is 18.6. The topological polar surface area (TPSA) is 214 Å². The Kier molecular flexibility index (Phi) is 11.8. The number of rotatable bonds is 15. The molecule has 50 heavy (non-hydrogen) atoms. The molecule has 16 heteroatoms. The number of amides is 3. The van der Waals surface area contributed by atoms with Crippen LogP contribution in [-0.4, -0.2) is 98.0 Å². The highest BCUT2D eigenvalue weighted by atomic mass is 31.2. The number of H-pyrrole nitrogens is 1. The Labute approximate surface area is 287 Å². The van der Waals surface area contributed by atoms with E-state index in [0.717, 1.165) is 5.39 Å². The molecule has 0 spiro atoms. The number of nitrogens with zero attached hydrogens (tertiary/aromatic N) is 4. The molecule has 4 N–H and O–H groups in total. The first-order valence-corrected chi connectivity index (χ1v) is 18.2. The standard InChI is InChI=1S/C34H38N7O8P/c1-50(48,23-12-3-2-4-13-23)49-21-29(42)27(20-31(43)44)36-33(46)28-16-7-8-19-41(28)34(47)26(17-18-30-37-39-40-38-30)35-32(45)25-15-9-11-22-10-5-6-14-24(22)25/h2-6,9-15,26-28H,7-8,16-21H2,1H3,(H,35,45)(H,36,46)(H,43,44)(H,37,38,39,40)/t26-,27-,28-,50?/m0/s1. The summed E-state index contributed by atoms with van der Waals surface area (Å²) in [4.78, 5) is 67.8. The van der Waals surface area contributed by atoms with Crippen LogP contribution in [-0.2, 0) is 34.7 Å². The largest absolute Gasteiger partial charge is 0.481 e. The number of carboxylic acids is 1. The van der Waals surface area contributed by atoms with Gasteiger partial charge in [-0.3, -0.25) is 28.5 Å². The zero-order chi connectivity index (χ0) is 35.7. The molecule has 0 aliphatic carbocycles. The first-order valence-electron chi connectivity index (χ1n) is 16.2. The molecule has 0 radical (unpaired) electrons. The van der Waals surface area contributed by atoms with Crippen LogP contribution in [0.5, 0.6) is 0 Å². The van der Waals surface area contributed by atoms with Gasteiger partial charge in [-0.05, 0) is 54.7 Å². The molecule has 5 rings (SSSR count). The molecule has 3 amide bonds. The normalized spacial score (nSPS) is 16.9. The summed E-state index contributed by atoms with van der Waals surface area (Å²) >= 11 is 0. The van der Waals surface area contributed by atoms with Gasteiger partial charge in [-0.25, -0.2) is 0 Å². The minimum atomic E-state index is -3.42. The Morgan fingerprint density at radius 2 is 1.72 bits per heavy atom. The first-order chi connectivity index (χ1) is 24.0. The highest BCUT2D eigenvalue weighted by Gasteiger charge is 2.38. The van der Waals surface area contributed by atoms with E-state index in [1.807, 2.05) is 30.3 Å². The molecule has 1 aromatic heterocycles. The molecule has 4 aromatic rings. The lowest BCUT2D eigenvalue weighted by Gasteiger charge is -2.37. The second-order valence-corrected chi connectivity index (χ2v) is 14.5. The van der Waals surface area contributed by atoms with Crippen LogP contribution in [0.15, 0.2) is 72.8 Å². The van der Waals surface area contributed by atoms with Gasteiger partial charge in [0.2, 0.25) is 19.2 Å². The second kappa shape index (κ2) is 16.4. The Morgan fingerprint density at radius 3 is 2.46 bits per heavy atom. The van der Waals surface area contributed by atoms with Crippen molar-refractivity contribution in [2.45, 2.75) is 56.7 Å². The number of hydrogen-bond donors (Lipinski definition) is 4. The average Bonchev–Trinajstić information content (AvgIpc) is 3.65. The monoisotopic (exact) mass is 703 g/mol.